The minimum atomic E-state index is -0.381. The number of benzene rings is 1. The van der Waals surface area contributed by atoms with Gasteiger partial charge in [0, 0.05) is 47.3 Å². The van der Waals surface area contributed by atoms with Gasteiger partial charge in [0.05, 0.1) is 10.6 Å². The molecule has 2 rings (SSSR count). The van der Waals surface area contributed by atoms with E-state index in [1.807, 2.05) is 0 Å². The second-order valence-corrected chi connectivity index (χ2v) is 6.15. The molecule has 1 aromatic carbocycles. The van der Waals surface area contributed by atoms with E-state index in [2.05, 4.69) is 48.6 Å². The predicted molar refractivity (Wildman–Crippen MR) is 82.8 cm³/mol. The summed E-state index contributed by atoms with van der Waals surface area (Å²) in [6, 6.07) is 3.12. The van der Waals surface area contributed by atoms with Crippen molar-refractivity contribution >= 4 is 43.2 Å². The third-order valence-electron chi connectivity index (χ3n) is 3.35. The van der Waals surface area contributed by atoms with Gasteiger partial charge in [0.1, 0.15) is 0 Å². The van der Waals surface area contributed by atoms with Crippen LogP contribution < -0.4 is 4.90 Å². The first kappa shape index (κ1) is 14.7. The van der Waals surface area contributed by atoms with Crippen LogP contribution in [0.2, 0.25) is 0 Å². The number of nitro groups is 1. The van der Waals surface area contributed by atoms with E-state index in [0.29, 0.717) is 0 Å². The fourth-order valence-corrected chi connectivity index (χ4v) is 3.91. The third-order valence-corrected chi connectivity index (χ3v) is 4.56. The number of anilines is 1. The number of nitro benzene ring substituents is 1. The second-order valence-electron chi connectivity index (χ2n) is 4.44. The first-order valence-corrected chi connectivity index (χ1v) is 7.72. The zero-order chi connectivity index (χ0) is 14.0. The van der Waals surface area contributed by atoms with Crippen LogP contribution in [-0.4, -0.2) is 42.5 Å². The van der Waals surface area contributed by atoms with Crippen LogP contribution in [0.3, 0.4) is 0 Å². The summed E-state index contributed by atoms with van der Waals surface area (Å²) in [6.07, 6.45) is 0. The fraction of sp³-hybridized carbons (Fsp3) is 0.500. The van der Waals surface area contributed by atoms with Crippen molar-refractivity contribution < 1.29 is 4.92 Å². The van der Waals surface area contributed by atoms with Crippen LogP contribution in [0.15, 0.2) is 21.1 Å². The molecule has 1 heterocycles. The number of hydrogen-bond acceptors (Lipinski definition) is 4. The van der Waals surface area contributed by atoms with Gasteiger partial charge >= 0.3 is 0 Å². The topological polar surface area (TPSA) is 49.6 Å². The lowest BCUT2D eigenvalue weighted by molar-refractivity contribution is -0.385. The van der Waals surface area contributed by atoms with Crippen LogP contribution in [0.5, 0.6) is 0 Å². The van der Waals surface area contributed by atoms with Crippen LogP contribution >= 0.6 is 31.9 Å². The van der Waals surface area contributed by atoms with Crippen LogP contribution in [-0.2, 0) is 0 Å². The molecule has 0 aromatic heterocycles. The van der Waals surface area contributed by atoms with Gasteiger partial charge in [0.25, 0.3) is 5.69 Å². The highest BCUT2D eigenvalue weighted by atomic mass is 79.9. The van der Waals surface area contributed by atoms with Gasteiger partial charge in [-0.25, -0.2) is 0 Å². The molecule has 0 bridgehead atoms. The molecule has 0 aliphatic carbocycles. The standard InChI is InChI=1S/C12H15Br2N3O2/c1-2-15-3-5-16(6-4-15)12-10(13)7-9(17(18)19)8-11(12)14/h7-8H,2-6H2,1H3. The molecule has 0 atom stereocenters. The van der Waals surface area contributed by atoms with Crippen LogP contribution in [0.1, 0.15) is 6.92 Å². The third kappa shape index (κ3) is 3.27. The minimum Gasteiger partial charge on any atom is -0.367 e. The van der Waals surface area contributed by atoms with E-state index in [1.54, 1.807) is 12.1 Å². The van der Waals surface area contributed by atoms with Crippen molar-refractivity contribution in [3.8, 4) is 0 Å². The number of hydrogen-bond donors (Lipinski definition) is 0. The van der Waals surface area contributed by atoms with E-state index < -0.39 is 0 Å². The summed E-state index contributed by atoms with van der Waals surface area (Å²) in [6.45, 7) is 7.13. The van der Waals surface area contributed by atoms with Crippen molar-refractivity contribution in [3.63, 3.8) is 0 Å². The summed E-state index contributed by atoms with van der Waals surface area (Å²) in [7, 11) is 0. The quantitative estimate of drug-likeness (QED) is 0.585. The predicted octanol–water partition coefficient (Wildman–Crippen LogP) is 3.26. The van der Waals surface area contributed by atoms with Gasteiger partial charge in [-0.3, -0.25) is 10.1 Å². The molecule has 0 amide bonds. The Bertz CT molecular complexity index is 465. The Balaban J connectivity index is 2.24. The summed E-state index contributed by atoms with van der Waals surface area (Å²) in [4.78, 5) is 15.1. The Morgan fingerprint density at radius 3 is 2.16 bits per heavy atom. The number of halogens is 2. The SMILES string of the molecule is CCN1CCN(c2c(Br)cc([N+](=O)[O-])cc2Br)CC1. The molecule has 1 aliphatic rings. The molecule has 19 heavy (non-hydrogen) atoms. The maximum Gasteiger partial charge on any atom is 0.271 e. The smallest absolute Gasteiger partial charge is 0.271 e. The summed E-state index contributed by atoms with van der Waals surface area (Å²) in [5, 5.41) is 10.8. The van der Waals surface area contributed by atoms with E-state index in [4.69, 9.17) is 0 Å². The van der Waals surface area contributed by atoms with E-state index in [0.717, 1.165) is 47.4 Å². The maximum absolute atomic E-state index is 10.8. The fourth-order valence-electron chi connectivity index (χ4n) is 2.25. The first-order valence-electron chi connectivity index (χ1n) is 6.13. The Morgan fingerprint density at radius 2 is 1.74 bits per heavy atom. The van der Waals surface area contributed by atoms with E-state index in [1.165, 1.54) is 0 Å². The molecule has 1 saturated heterocycles. The zero-order valence-corrected chi connectivity index (χ0v) is 13.8. The monoisotopic (exact) mass is 391 g/mol. The lowest BCUT2D eigenvalue weighted by atomic mass is 10.2. The van der Waals surface area contributed by atoms with Gasteiger partial charge in [-0.05, 0) is 38.4 Å². The lowest BCUT2D eigenvalue weighted by Gasteiger charge is -2.36. The average molecular weight is 393 g/mol. The summed E-state index contributed by atoms with van der Waals surface area (Å²) in [5.74, 6) is 0. The number of nitrogens with zero attached hydrogens (tertiary/aromatic N) is 3. The molecule has 1 aliphatic heterocycles. The molecule has 0 saturated carbocycles. The summed E-state index contributed by atoms with van der Waals surface area (Å²) in [5.41, 5.74) is 1.09. The van der Waals surface area contributed by atoms with E-state index in [-0.39, 0.29) is 10.6 Å². The van der Waals surface area contributed by atoms with Gasteiger partial charge in [-0.1, -0.05) is 6.92 Å². The highest BCUT2D eigenvalue weighted by molar-refractivity contribution is 9.11. The molecule has 0 radical (unpaired) electrons. The van der Waals surface area contributed by atoms with Gasteiger partial charge < -0.3 is 9.80 Å². The van der Waals surface area contributed by atoms with Crippen molar-refractivity contribution in [2.45, 2.75) is 6.92 Å². The van der Waals surface area contributed by atoms with Crippen LogP contribution in [0.4, 0.5) is 11.4 Å². The molecule has 0 spiro atoms. The lowest BCUT2D eigenvalue weighted by Crippen LogP contribution is -2.46. The van der Waals surface area contributed by atoms with Crippen molar-refractivity contribution in [2.24, 2.45) is 0 Å². The van der Waals surface area contributed by atoms with Gasteiger partial charge in [-0.15, -0.1) is 0 Å². The van der Waals surface area contributed by atoms with Gasteiger partial charge in [0.15, 0.2) is 0 Å². The average Bonchev–Trinajstić information content (AvgIpc) is 2.38. The second kappa shape index (κ2) is 6.19. The normalized spacial score (nSPS) is 16.7. The highest BCUT2D eigenvalue weighted by Crippen LogP contribution is 2.38. The number of likely N-dealkylation sites (N-methyl/N-ethyl adjacent to an activating group) is 1. The highest BCUT2D eigenvalue weighted by Gasteiger charge is 2.22. The summed E-state index contributed by atoms with van der Waals surface area (Å²) >= 11 is 6.89. The van der Waals surface area contributed by atoms with E-state index >= 15 is 0 Å². The Hall–Kier alpha value is -0.660. The largest absolute Gasteiger partial charge is 0.367 e. The number of rotatable bonds is 3. The summed E-state index contributed by atoms with van der Waals surface area (Å²) < 4.78 is 1.53. The van der Waals surface area contributed by atoms with E-state index in [9.17, 15) is 10.1 Å². The Kier molecular flexibility index (Phi) is 4.81. The number of piperazine rings is 1. The molecule has 104 valence electrons. The van der Waals surface area contributed by atoms with Gasteiger partial charge in [0.2, 0.25) is 0 Å². The van der Waals surface area contributed by atoms with Crippen LogP contribution in [0, 0.1) is 10.1 Å². The van der Waals surface area contributed by atoms with Crippen LogP contribution in [0.25, 0.3) is 0 Å². The van der Waals surface area contributed by atoms with Crippen molar-refractivity contribution in [1.29, 1.82) is 0 Å². The Labute approximate surface area is 129 Å². The molecule has 5 nitrogen and oxygen atoms in total. The van der Waals surface area contributed by atoms with Gasteiger partial charge in [-0.2, -0.15) is 0 Å². The minimum absolute atomic E-state index is 0.0923. The molecule has 0 unspecified atom stereocenters. The zero-order valence-electron chi connectivity index (χ0n) is 10.6. The molecule has 1 fully saturated rings. The molecular formula is C12H15Br2N3O2. The first-order chi connectivity index (χ1) is 9.02. The molecular weight excluding hydrogens is 378 g/mol. The molecule has 0 N–H and O–H groups in total. The van der Waals surface area contributed by atoms with Crippen molar-refractivity contribution in [2.75, 3.05) is 37.6 Å². The molecule has 7 heteroatoms. The number of non-ortho nitro benzene ring substituents is 1. The Morgan fingerprint density at radius 1 is 1.21 bits per heavy atom. The van der Waals surface area contributed by atoms with Crippen molar-refractivity contribution in [1.82, 2.24) is 4.90 Å². The molecule has 1 aromatic rings. The van der Waals surface area contributed by atoms with Crippen molar-refractivity contribution in [3.05, 3.63) is 31.2 Å². The maximum atomic E-state index is 10.8.